The summed E-state index contributed by atoms with van der Waals surface area (Å²) in [6, 6.07) is 1.83. The third kappa shape index (κ3) is 8.54. The lowest BCUT2D eigenvalue weighted by Crippen LogP contribution is -2.28. The van der Waals surface area contributed by atoms with Gasteiger partial charge in [0.15, 0.2) is 0 Å². The van der Waals surface area contributed by atoms with Gasteiger partial charge in [-0.2, -0.15) is 5.26 Å². The fourth-order valence-electron chi connectivity index (χ4n) is 0.664. The minimum absolute atomic E-state index is 0.0139. The van der Waals surface area contributed by atoms with Crippen molar-refractivity contribution >= 4 is 5.91 Å². The molecule has 0 N–H and O–H groups in total. The molecule has 78 valence electrons. The lowest BCUT2D eigenvalue weighted by Gasteiger charge is -2.15. The zero-order valence-corrected chi connectivity index (χ0v) is 9.21. The molecule has 0 rings (SSSR count). The van der Waals surface area contributed by atoms with E-state index in [1.165, 1.54) is 6.08 Å². The maximum atomic E-state index is 10.8. The third-order valence-electron chi connectivity index (χ3n) is 1.44. The van der Waals surface area contributed by atoms with Crippen LogP contribution in [0.25, 0.3) is 0 Å². The molecule has 3 heteroatoms. The fraction of sp³-hybridized carbons (Fsp3) is 0.455. The molecule has 0 aromatic rings. The van der Waals surface area contributed by atoms with Crippen LogP contribution in [0.3, 0.4) is 0 Å². The van der Waals surface area contributed by atoms with Gasteiger partial charge in [0, 0.05) is 18.7 Å². The molecule has 14 heavy (non-hydrogen) atoms. The summed E-state index contributed by atoms with van der Waals surface area (Å²) in [7, 11) is 0. The number of rotatable bonds is 3. The lowest BCUT2D eigenvalue weighted by molar-refractivity contribution is -0.125. The molecule has 0 bridgehead atoms. The third-order valence-corrected chi connectivity index (χ3v) is 1.44. The molecule has 0 atom stereocenters. The minimum atomic E-state index is 0.0139. The number of carbonyl (C=O) groups excluding carboxylic acids is 1. The van der Waals surface area contributed by atoms with Crippen molar-refractivity contribution in [2.24, 2.45) is 0 Å². The molecule has 3 nitrogen and oxygen atoms in total. The molecule has 0 unspecified atom stereocenters. The molecule has 0 saturated carbocycles. The van der Waals surface area contributed by atoms with E-state index in [1.54, 1.807) is 11.8 Å². The van der Waals surface area contributed by atoms with Crippen LogP contribution in [-0.2, 0) is 4.79 Å². The molecule has 0 radical (unpaired) electrons. The smallest absolute Gasteiger partial charge is 0.245 e. The maximum absolute atomic E-state index is 10.8. The first-order valence-electron chi connectivity index (χ1n) is 4.50. The van der Waals surface area contributed by atoms with Gasteiger partial charge in [0.1, 0.15) is 0 Å². The van der Waals surface area contributed by atoms with Gasteiger partial charge in [0.05, 0.1) is 6.07 Å². The highest BCUT2D eigenvalue weighted by Gasteiger charge is 2.01. The standard InChI is InChI=1S/C7H13NO.C4H5N/c1-4-7(9)8(5-2)6-3;1-4(2)3-5/h4H,1,5-6H2,2-3H3;1H2,2H3. The van der Waals surface area contributed by atoms with Crippen LogP contribution < -0.4 is 0 Å². The van der Waals surface area contributed by atoms with Crippen LogP contribution >= 0.6 is 0 Å². The lowest BCUT2D eigenvalue weighted by atomic mass is 10.4. The van der Waals surface area contributed by atoms with Crippen LogP contribution in [-0.4, -0.2) is 23.9 Å². The summed E-state index contributed by atoms with van der Waals surface area (Å²) in [5, 5.41) is 7.79. The molecule has 0 fully saturated rings. The van der Waals surface area contributed by atoms with E-state index in [9.17, 15) is 4.79 Å². The van der Waals surface area contributed by atoms with Gasteiger partial charge in [-0.15, -0.1) is 0 Å². The van der Waals surface area contributed by atoms with Crippen LogP contribution in [0.15, 0.2) is 24.8 Å². The van der Waals surface area contributed by atoms with Gasteiger partial charge in [-0.3, -0.25) is 4.79 Å². The Hall–Kier alpha value is -1.56. The van der Waals surface area contributed by atoms with Crippen LogP contribution in [0.4, 0.5) is 0 Å². The van der Waals surface area contributed by atoms with Gasteiger partial charge >= 0.3 is 0 Å². The van der Waals surface area contributed by atoms with E-state index in [2.05, 4.69) is 13.2 Å². The van der Waals surface area contributed by atoms with Crippen molar-refractivity contribution < 1.29 is 4.79 Å². The van der Waals surface area contributed by atoms with Gasteiger partial charge in [-0.05, 0) is 26.8 Å². The van der Waals surface area contributed by atoms with Crippen molar-refractivity contribution in [2.45, 2.75) is 20.8 Å². The Balaban J connectivity index is 0. The SMILES string of the molecule is C=C(C)C#N.C=CC(=O)N(CC)CC. The predicted octanol–water partition coefficient (Wildman–Crippen LogP) is 2.13. The predicted molar refractivity (Wildman–Crippen MR) is 58.6 cm³/mol. The summed E-state index contributed by atoms with van der Waals surface area (Å²) in [6.45, 7) is 13.8. The molecule has 0 aromatic carbocycles. The first-order valence-corrected chi connectivity index (χ1v) is 4.50. The summed E-state index contributed by atoms with van der Waals surface area (Å²) in [5.74, 6) is 0.0139. The van der Waals surface area contributed by atoms with E-state index < -0.39 is 0 Å². The quantitative estimate of drug-likeness (QED) is 0.510. The second kappa shape index (κ2) is 9.53. The van der Waals surface area contributed by atoms with Gasteiger partial charge in [0.25, 0.3) is 0 Å². The summed E-state index contributed by atoms with van der Waals surface area (Å²) in [4.78, 5) is 12.5. The van der Waals surface area contributed by atoms with Gasteiger partial charge < -0.3 is 4.90 Å². The van der Waals surface area contributed by atoms with Crippen molar-refractivity contribution in [1.29, 1.82) is 5.26 Å². The Labute approximate surface area is 86.3 Å². The average molecular weight is 194 g/mol. The van der Waals surface area contributed by atoms with Crippen molar-refractivity contribution in [3.8, 4) is 6.07 Å². The Morgan fingerprint density at radius 1 is 1.50 bits per heavy atom. The second-order valence-corrected chi connectivity index (χ2v) is 2.61. The monoisotopic (exact) mass is 194 g/mol. The number of likely N-dealkylation sites (N-methyl/N-ethyl adjacent to an activating group) is 1. The number of carbonyl (C=O) groups is 1. The number of allylic oxidation sites excluding steroid dienone is 1. The van der Waals surface area contributed by atoms with E-state index in [0.29, 0.717) is 5.57 Å². The number of amides is 1. The number of nitriles is 1. The fourth-order valence-corrected chi connectivity index (χ4v) is 0.664. The molecule has 0 aliphatic heterocycles. The highest BCUT2D eigenvalue weighted by molar-refractivity contribution is 5.86. The molecule has 0 saturated heterocycles. The summed E-state index contributed by atoms with van der Waals surface area (Å²) < 4.78 is 0. The molecule has 1 amide bonds. The van der Waals surface area contributed by atoms with E-state index in [1.807, 2.05) is 19.9 Å². The van der Waals surface area contributed by atoms with Crippen LogP contribution in [0.5, 0.6) is 0 Å². The summed E-state index contributed by atoms with van der Waals surface area (Å²) in [6.07, 6.45) is 1.34. The summed E-state index contributed by atoms with van der Waals surface area (Å²) >= 11 is 0. The topological polar surface area (TPSA) is 44.1 Å². The highest BCUT2D eigenvalue weighted by atomic mass is 16.2. The first kappa shape index (κ1) is 14.9. The molecule has 0 aliphatic rings. The van der Waals surface area contributed by atoms with Crippen LogP contribution in [0.2, 0.25) is 0 Å². The number of nitrogens with zero attached hydrogens (tertiary/aromatic N) is 2. The number of hydrogen-bond donors (Lipinski definition) is 0. The Morgan fingerprint density at radius 3 is 1.93 bits per heavy atom. The largest absolute Gasteiger partial charge is 0.340 e. The van der Waals surface area contributed by atoms with Crippen LogP contribution in [0, 0.1) is 11.3 Å². The highest BCUT2D eigenvalue weighted by Crippen LogP contribution is 1.87. The molecular weight excluding hydrogens is 176 g/mol. The van der Waals surface area contributed by atoms with Crippen molar-refractivity contribution in [2.75, 3.05) is 13.1 Å². The molecule has 0 aromatic heterocycles. The zero-order valence-electron chi connectivity index (χ0n) is 9.21. The van der Waals surface area contributed by atoms with E-state index >= 15 is 0 Å². The van der Waals surface area contributed by atoms with E-state index in [0.717, 1.165) is 13.1 Å². The van der Waals surface area contributed by atoms with E-state index in [-0.39, 0.29) is 5.91 Å². The number of hydrogen-bond acceptors (Lipinski definition) is 2. The zero-order chi connectivity index (χ0) is 11.6. The molecule has 0 heterocycles. The minimum Gasteiger partial charge on any atom is -0.340 e. The van der Waals surface area contributed by atoms with Crippen LogP contribution in [0.1, 0.15) is 20.8 Å². The normalized spacial score (nSPS) is 7.57. The summed E-state index contributed by atoms with van der Waals surface area (Å²) in [5.41, 5.74) is 0.560. The first-order chi connectivity index (χ1) is 6.53. The molecule has 0 aliphatic carbocycles. The van der Waals surface area contributed by atoms with Gasteiger partial charge in [-0.1, -0.05) is 13.2 Å². The van der Waals surface area contributed by atoms with Gasteiger partial charge in [-0.25, -0.2) is 0 Å². The maximum Gasteiger partial charge on any atom is 0.245 e. The average Bonchev–Trinajstić information content (AvgIpc) is 2.20. The van der Waals surface area contributed by atoms with Crippen molar-refractivity contribution in [3.63, 3.8) is 0 Å². The molecular formula is C11H18N2O. The Kier molecular flexibility index (Phi) is 10.2. The Bertz CT molecular complexity index is 234. The van der Waals surface area contributed by atoms with Crippen molar-refractivity contribution in [1.82, 2.24) is 4.90 Å². The van der Waals surface area contributed by atoms with Gasteiger partial charge in [0.2, 0.25) is 5.91 Å². The second-order valence-electron chi connectivity index (χ2n) is 2.61. The Morgan fingerprint density at radius 2 is 1.86 bits per heavy atom. The van der Waals surface area contributed by atoms with E-state index in [4.69, 9.17) is 5.26 Å². The van der Waals surface area contributed by atoms with Crippen molar-refractivity contribution in [3.05, 3.63) is 24.8 Å². The molecule has 0 spiro atoms.